The molecule has 35 heteroatoms. The van der Waals surface area contributed by atoms with Crippen LogP contribution < -0.4 is 37.9 Å². The molecule has 2 atom stereocenters. The van der Waals surface area contributed by atoms with Gasteiger partial charge in [0.1, 0.15) is 60.7 Å². The minimum absolute atomic E-state index is 0.0697. The zero-order valence-corrected chi connectivity index (χ0v) is 69.0. The molecule has 0 fully saturated rings. The number of carbonyl (C=O) groups excluding carboxylic acids is 1. The van der Waals surface area contributed by atoms with E-state index in [9.17, 15) is 4.79 Å². The Hall–Kier alpha value is -9.71. The first-order valence-corrected chi connectivity index (χ1v) is 42.2. The second-order valence-electron chi connectivity index (χ2n) is 25.4. The average Bonchev–Trinajstić information content (AvgIpc) is 1.56. The summed E-state index contributed by atoms with van der Waals surface area (Å²) in [4.78, 5) is 15.5. The van der Waals surface area contributed by atoms with Crippen LogP contribution in [0.25, 0.3) is 22.8 Å². The Bertz CT molecular complexity index is 5100. The van der Waals surface area contributed by atoms with Crippen molar-refractivity contribution in [3.05, 3.63) is 246 Å². The quantitative estimate of drug-likeness (QED) is 0.0345. The summed E-state index contributed by atoms with van der Waals surface area (Å²) in [5, 5.41) is 26.6. The fraction of sp³-hybridized carbons (Fsp3) is 0.250. The van der Waals surface area contributed by atoms with Gasteiger partial charge in [0.2, 0.25) is 51.7 Å². The van der Waals surface area contributed by atoms with Gasteiger partial charge in [-0.2, -0.15) is 18.2 Å². The molecule has 0 aliphatic rings. The summed E-state index contributed by atoms with van der Waals surface area (Å²) in [6, 6.07) is 52.1. The van der Waals surface area contributed by atoms with Crippen LogP contribution in [0.3, 0.4) is 0 Å². The van der Waals surface area contributed by atoms with Crippen molar-refractivity contribution < 1.29 is 71.6 Å². The van der Waals surface area contributed by atoms with E-state index in [1.54, 1.807) is 176 Å². The lowest BCUT2D eigenvalue weighted by molar-refractivity contribution is 0.0916. The summed E-state index contributed by atoms with van der Waals surface area (Å²) in [5.74, 6) is 2.75. The summed E-state index contributed by atoms with van der Waals surface area (Å²) >= 11 is 3.80. The third-order valence-electron chi connectivity index (χ3n) is 17.5. The van der Waals surface area contributed by atoms with E-state index in [1.807, 2.05) is 45.2 Å². The van der Waals surface area contributed by atoms with Gasteiger partial charge in [0.25, 0.3) is 0 Å². The number of sulfonamides is 4. The van der Waals surface area contributed by atoms with Gasteiger partial charge < -0.3 is 38.1 Å². The van der Waals surface area contributed by atoms with E-state index in [-0.39, 0.29) is 75.8 Å². The molecular weight excluding hydrogens is 1730 g/mol. The fourth-order valence-corrected chi connectivity index (χ4v) is 21.0. The van der Waals surface area contributed by atoms with E-state index in [0.717, 1.165) is 36.8 Å². The molecule has 582 valence electrons. The van der Waals surface area contributed by atoms with Crippen molar-refractivity contribution in [2.75, 3.05) is 55.7 Å². The molecule has 0 radical (unpaired) electrons. The van der Waals surface area contributed by atoms with Gasteiger partial charge in [-0.1, -0.05) is 103 Å². The van der Waals surface area contributed by atoms with E-state index in [4.69, 9.17) is 33.2 Å². The number of nitrogens with one attached hydrogen (secondary N) is 2. The zero-order chi connectivity index (χ0) is 79.2. The number of rotatable bonds is 36. The smallest absolute Gasteiger partial charge is 0.410 e. The van der Waals surface area contributed by atoms with Crippen molar-refractivity contribution >= 4 is 91.4 Å². The Kier molecular flexibility index (Phi) is 27.1. The molecule has 0 aliphatic heterocycles. The van der Waals surface area contributed by atoms with Gasteiger partial charge in [-0.15, -0.1) is 20.4 Å². The number of methoxy groups -OCH3 is 6. The molecule has 0 aliphatic carbocycles. The van der Waals surface area contributed by atoms with Crippen molar-refractivity contribution in [2.45, 2.75) is 91.4 Å². The van der Waals surface area contributed by atoms with Gasteiger partial charge in [-0.3, -0.25) is 0 Å². The highest BCUT2D eigenvalue weighted by atomic mass is 127. The molecule has 1 amide bonds. The molecule has 0 saturated carbocycles. The Morgan fingerprint density at radius 1 is 0.405 bits per heavy atom. The van der Waals surface area contributed by atoms with Gasteiger partial charge in [0, 0.05) is 58.5 Å². The van der Waals surface area contributed by atoms with E-state index < -0.39 is 90.9 Å². The number of carbonyl (C=O) groups is 1. The molecule has 2 heterocycles. The molecule has 0 spiro atoms. The van der Waals surface area contributed by atoms with Crippen molar-refractivity contribution in [3.63, 3.8) is 0 Å². The van der Waals surface area contributed by atoms with Gasteiger partial charge >= 0.3 is 6.09 Å². The largest absolute Gasteiger partial charge is 0.497 e. The second-order valence-corrected chi connectivity index (χ2v) is 34.8. The van der Waals surface area contributed by atoms with Crippen LogP contribution in [0.4, 0.5) is 4.79 Å². The summed E-state index contributed by atoms with van der Waals surface area (Å²) in [7, 11) is -11.2. The summed E-state index contributed by atoms with van der Waals surface area (Å²) in [6.07, 6.45) is -1.02. The van der Waals surface area contributed by atoms with Crippen LogP contribution in [-0.4, -0.2) is 162 Å². The number of aromatic nitrogens is 8. The van der Waals surface area contributed by atoms with E-state index in [0.29, 0.717) is 62.3 Å². The molecule has 11 aromatic rings. The number of nitrogens with zero attached hydrogens (tertiary/aromatic N) is 11. The standard InChI is InChI=1S/C76H79I2N13O16S4/c1-51(83-108(93,94)68-40-38-66(77)70(74-79-85-90(81-74)48-57-22-34-64(105-7)35-23-57)72(68)110(97,98)88(44-53-14-26-60(101-3)27-15-53)45-54-16-28-61(102-4)29-17-54)42-87(76(92)107-50-59-12-10-9-11-13-59)43-52(2)84-109(95,96)69-41-39-67(78)71(75-80-86-91(82-75)49-58-24-36-65(106-8)37-25-58)73(69)111(99,100)89(46-55-18-30-62(103-5)31-19-55)47-56-20-32-63(104-6)33-21-56/h9-41,51-52,83-84H,42-50H2,1-8H3/t51-,52-/m1/s1. The van der Waals surface area contributed by atoms with E-state index in [1.165, 1.54) is 78.2 Å². The summed E-state index contributed by atoms with van der Waals surface area (Å²) in [5.41, 5.74) is 3.70. The minimum Gasteiger partial charge on any atom is -0.497 e. The minimum atomic E-state index is -5.08. The number of ether oxygens (including phenoxy) is 7. The number of tetrazole rings is 2. The average molecular weight is 1810 g/mol. The van der Waals surface area contributed by atoms with E-state index in [2.05, 4.69) is 40.3 Å². The van der Waals surface area contributed by atoms with Crippen LogP contribution in [0.5, 0.6) is 34.5 Å². The zero-order valence-electron chi connectivity index (χ0n) is 61.4. The first kappa shape index (κ1) is 82.3. The molecular formula is C76H79I2N13O16S4. The Morgan fingerprint density at radius 3 is 1.00 bits per heavy atom. The highest BCUT2D eigenvalue weighted by Gasteiger charge is 2.41. The highest BCUT2D eigenvalue weighted by molar-refractivity contribution is 14.1. The maximum Gasteiger partial charge on any atom is 0.410 e. The van der Waals surface area contributed by atoms with E-state index >= 15 is 33.7 Å². The van der Waals surface area contributed by atoms with Gasteiger partial charge in [0.15, 0.2) is 0 Å². The third-order valence-corrected chi connectivity index (χ3v) is 26.5. The van der Waals surface area contributed by atoms with Gasteiger partial charge in [0.05, 0.1) is 66.9 Å². The number of amides is 1. The normalized spacial score (nSPS) is 12.5. The predicted molar refractivity (Wildman–Crippen MR) is 429 cm³/mol. The molecule has 0 unspecified atom stereocenters. The number of benzene rings is 9. The lowest BCUT2D eigenvalue weighted by Crippen LogP contribution is -2.49. The summed E-state index contributed by atoms with van der Waals surface area (Å²) in [6.45, 7) is 0.484. The first-order chi connectivity index (χ1) is 53.2. The van der Waals surface area contributed by atoms with Crippen molar-refractivity contribution in [2.24, 2.45) is 0 Å². The Labute approximate surface area is 671 Å². The molecule has 0 bridgehead atoms. The van der Waals surface area contributed by atoms with Crippen molar-refractivity contribution in [1.82, 2.24) is 63.4 Å². The SMILES string of the molecule is COc1ccc(CN(Cc2ccc(OC)cc2)S(=O)(=O)c2c(S(=O)(=O)N[C@H](C)CN(C[C@@H](C)NS(=O)(=O)c3ccc(I)c(-c4nnn(Cc5ccc(OC)cc5)n4)c3S(=O)(=O)N(Cc3ccc(OC)cc3)Cc3ccc(OC)cc3)C(=O)OCc3ccccc3)ccc(I)c2-c2nnn(Cc3ccc(OC)cc3)n2)cc1. The monoisotopic (exact) mass is 1810 g/mol. The van der Waals surface area contributed by atoms with Gasteiger partial charge in [-0.25, -0.2) is 47.9 Å². The third kappa shape index (κ3) is 20.5. The lowest BCUT2D eigenvalue weighted by atomic mass is 10.2. The van der Waals surface area contributed by atoms with Gasteiger partial charge in [-0.05, 0) is 205 Å². The number of hydrogen-bond donors (Lipinski definition) is 2. The maximum atomic E-state index is 16.2. The Balaban J connectivity index is 0.967. The molecule has 0 saturated heterocycles. The number of halogens is 2. The lowest BCUT2D eigenvalue weighted by Gasteiger charge is -2.29. The van der Waals surface area contributed by atoms with Crippen LogP contribution >= 0.6 is 45.2 Å². The number of hydrogen-bond acceptors (Lipinski definition) is 22. The maximum absolute atomic E-state index is 16.2. The topological polar surface area (TPSA) is 339 Å². The van der Waals surface area contributed by atoms with Crippen molar-refractivity contribution in [1.29, 1.82) is 0 Å². The summed E-state index contributed by atoms with van der Waals surface area (Å²) < 4.78 is 174. The molecule has 29 nitrogen and oxygen atoms in total. The fourth-order valence-electron chi connectivity index (χ4n) is 11.9. The van der Waals surface area contributed by atoms with Crippen LogP contribution in [-0.2, 0) is 90.7 Å². The van der Waals surface area contributed by atoms with Crippen LogP contribution in [0.15, 0.2) is 220 Å². The Morgan fingerprint density at radius 2 is 0.703 bits per heavy atom. The second kappa shape index (κ2) is 36.6. The highest BCUT2D eigenvalue weighted by Crippen LogP contribution is 2.41. The predicted octanol–water partition coefficient (Wildman–Crippen LogP) is 10.8. The van der Waals surface area contributed by atoms with Crippen LogP contribution in [0.1, 0.15) is 52.8 Å². The molecule has 2 aromatic heterocycles. The van der Waals surface area contributed by atoms with Crippen LogP contribution in [0.2, 0.25) is 0 Å². The van der Waals surface area contributed by atoms with Crippen LogP contribution in [0, 0.1) is 7.14 Å². The molecule has 9 aromatic carbocycles. The van der Waals surface area contributed by atoms with Crippen molar-refractivity contribution in [3.8, 4) is 57.3 Å². The first-order valence-electron chi connectivity index (χ1n) is 34.2. The molecule has 2 N–H and O–H groups in total. The molecule has 11 rings (SSSR count). The molecule has 111 heavy (non-hydrogen) atoms.